The summed E-state index contributed by atoms with van der Waals surface area (Å²) >= 11 is 5.70. The van der Waals surface area contributed by atoms with E-state index < -0.39 is 4.92 Å². The highest BCUT2D eigenvalue weighted by molar-refractivity contribution is 6.29. The minimum atomic E-state index is -0.522. The van der Waals surface area contributed by atoms with E-state index in [1.165, 1.54) is 30.9 Å². The predicted octanol–water partition coefficient (Wildman–Crippen LogP) is 2.10. The van der Waals surface area contributed by atoms with Gasteiger partial charge < -0.3 is 0 Å². The van der Waals surface area contributed by atoms with E-state index in [4.69, 9.17) is 11.6 Å². The summed E-state index contributed by atoms with van der Waals surface area (Å²) in [6.07, 6.45) is 4.22. The summed E-state index contributed by atoms with van der Waals surface area (Å²) in [6, 6.07) is 2.67. The highest BCUT2D eigenvalue weighted by atomic mass is 35.5. The van der Waals surface area contributed by atoms with Crippen LogP contribution in [0.1, 0.15) is 0 Å². The van der Waals surface area contributed by atoms with Crippen molar-refractivity contribution >= 4 is 17.3 Å². The lowest BCUT2D eigenvalue weighted by Gasteiger charge is -2.01. The lowest BCUT2D eigenvalue weighted by molar-refractivity contribution is -0.384. The Labute approximate surface area is 95.1 Å². The van der Waals surface area contributed by atoms with Gasteiger partial charge in [-0.15, -0.1) is 0 Å². The predicted molar refractivity (Wildman–Crippen MR) is 56.9 cm³/mol. The van der Waals surface area contributed by atoms with Crippen molar-refractivity contribution in [2.75, 3.05) is 0 Å². The first kappa shape index (κ1) is 10.4. The molecule has 0 unspecified atom stereocenters. The Morgan fingerprint density at radius 2 is 1.94 bits per heavy atom. The SMILES string of the molecule is O=[N+]([O-])c1ccc(Cl)nc1-c1cncnc1. The highest BCUT2D eigenvalue weighted by Crippen LogP contribution is 2.27. The highest BCUT2D eigenvalue weighted by Gasteiger charge is 2.17. The Morgan fingerprint density at radius 1 is 1.25 bits per heavy atom. The maximum Gasteiger partial charge on any atom is 0.295 e. The fraction of sp³-hybridized carbons (Fsp3) is 0. The maximum absolute atomic E-state index is 10.8. The van der Waals surface area contributed by atoms with Crippen molar-refractivity contribution in [1.82, 2.24) is 15.0 Å². The van der Waals surface area contributed by atoms with Crippen LogP contribution in [-0.4, -0.2) is 19.9 Å². The number of rotatable bonds is 2. The Hall–Kier alpha value is -2.08. The van der Waals surface area contributed by atoms with Gasteiger partial charge in [-0.2, -0.15) is 0 Å². The van der Waals surface area contributed by atoms with Crippen molar-refractivity contribution < 1.29 is 4.92 Å². The molecule has 0 aromatic carbocycles. The molecule has 0 radical (unpaired) electrons. The average molecular weight is 237 g/mol. The van der Waals surface area contributed by atoms with Crippen LogP contribution in [0, 0.1) is 10.1 Å². The summed E-state index contributed by atoms with van der Waals surface area (Å²) in [5, 5.41) is 11.0. The molecule has 0 aliphatic heterocycles. The van der Waals surface area contributed by atoms with Crippen LogP contribution < -0.4 is 0 Å². The molecule has 0 saturated carbocycles. The van der Waals surface area contributed by atoms with Crippen LogP contribution >= 0.6 is 11.6 Å². The third-order valence-corrected chi connectivity index (χ3v) is 2.08. The summed E-state index contributed by atoms with van der Waals surface area (Å²) in [7, 11) is 0. The van der Waals surface area contributed by atoms with Crippen LogP contribution in [-0.2, 0) is 0 Å². The third-order valence-electron chi connectivity index (χ3n) is 1.87. The van der Waals surface area contributed by atoms with Gasteiger partial charge in [-0.3, -0.25) is 10.1 Å². The van der Waals surface area contributed by atoms with Crippen molar-refractivity contribution in [2.45, 2.75) is 0 Å². The molecule has 0 N–H and O–H groups in total. The lowest BCUT2D eigenvalue weighted by Crippen LogP contribution is -1.95. The van der Waals surface area contributed by atoms with Gasteiger partial charge >= 0.3 is 0 Å². The fourth-order valence-electron chi connectivity index (χ4n) is 1.21. The van der Waals surface area contributed by atoms with Gasteiger partial charge in [0.25, 0.3) is 5.69 Å². The number of nitrogens with zero attached hydrogens (tertiary/aromatic N) is 4. The van der Waals surface area contributed by atoms with Crippen molar-refractivity contribution in [3.63, 3.8) is 0 Å². The lowest BCUT2D eigenvalue weighted by atomic mass is 10.2. The molecule has 80 valence electrons. The summed E-state index contributed by atoms with van der Waals surface area (Å²) in [4.78, 5) is 21.7. The Kier molecular flexibility index (Phi) is 2.74. The number of aromatic nitrogens is 3. The molecule has 0 saturated heterocycles. The standard InChI is InChI=1S/C9H5ClN4O2/c10-8-2-1-7(14(15)16)9(13-8)6-3-11-5-12-4-6/h1-5H. The normalized spacial score (nSPS) is 10.1. The van der Waals surface area contributed by atoms with Gasteiger partial charge in [0.05, 0.1) is 4.92 Å². The zero-order valence-electron chi connectivity index (χ0n) is 7.87. The van der Waals surface area contributed by atoms with Gasteiger partial charge in [0.15, 0.2) is 5.69 Å². The van der Waals surface area contributed by atoms with Crippen LogP contribution in [0.15, 0.2) is 30.9 Å². The van der Waals surface area contributed by atoms with Gasteiger partial charge in [-0.25, -0.2) is 15.0 Å². The van der Waals surface area contributed by atoms with E-state index in [9.17, 15) is 10.1 Å². The molecule has 0 aliphatic carbocycles. The summed E-state index contributed by atoms with van der Waals surface area (Å²) in [5.41, 5.74) is 0.494. The van der Waals surface area contributed by atoms with Crippen molar-refractivity contribution in [3.8, 4) is 11.3 Å². The van der Waals surface area contributed by atoms with Crippen LogP contribution in [0.4, 0.5) is 5.69 Å². The molecular weight excluding hydrogens is 232 g/mol. The van der Waals surface area contributed by atoms with E-state index in [2.05, 4.69) is 15.0 Å². The minimum Gasteiger partial charge on any atom is -0.258 e. The Morgan fingerprint density at radius 3 is 2.56 bits per heavy atom. The first-order valence-electron chi connectivity index (χ1n) is 4.25. The van der Waals surface area contributed by atoms with Gasteiger partial charge in [0, 0.05) is 24.0 Å². The molecule has 0 spiro atoms. The summed E-state index contributed by atoms with van der Waals surface area (Å²) in [5.74, 6) is 0. The zero-order chi connectivity index (χ0) is 11.5. The van der Waals surface area contributed by atoms with Gasteiger partial charge in [0.2, 0.25) is 0 Å². The minimum absolute atomic E-state index is 0.126. The van der Waals surface area contributed by atoms with Crippen molar-refractivity contribution in [2.24, 2.45) is 0 Å². The zero-order valence-corrected chi connectivity index (χ0v) is 8.63. The molecule has 6 nitrogen and oxygen atoms in total. The monoisotopic (exact) mass is 236 g/mol. The quantitative estimate of drug-likeness (QED) is 0.453. The van der Waals surface area contributed by atoms with E-state index >= 15 is 0 Å². The molecule has 0 aliphatic rings. The Bertz CT molecular complexity index is 532. The molecule has 0 amide bonds. The first-order valence-corrected chi connectivity index (χ1v) is 4.62. The van der Waals surface area contributed by atoms with Crippen LogP contribution in [0.3, 0.4) is 0 Å². The molecule has 0 atom stereocenters. The number of hydrogen-bond donors (Lipinski definition) is 0. The molecule has 0 fully saturated rings. The molecular formula is C9H5ClN4O2. The second-order valence-corrected chi connectivity index (χ2v) is 3.27. The van der Waals surface area contributed by atoms with Crippen LogP contribution in [0.5, 0.6) is 0 Å². The van der Waals surface area contributed by atoms with Gasteiger partial charge in [0.1, 0.15) is 11.5 Å². The molecule has 2 aromatic rings. The second kappa shape index (κ2) is 4.19. The number of pyridine rings is 1. The largest absolute Gasteiger partial charge is 0.295 e. The van der Waals surface area contributed by atoms with Crippen LogP contribution in [0.2, 0.25) is 5.15 Å². The number of halogens is 1. The Balaban J connectivity index is 2.63. The topological polar surface area (TPSA) is 81.8 Å². The maximum atomic E-state index is 10.8. The molecule has 2 aromatic heterocycles. The third kappa shape index (κ3) is 1.96. The molecule has 16 heavy (non-hydrogen) atoms. The first-order chi connectivity index (χ1) is 7.68. The fourth-order valence-corrected chi connectivity index (χ4v) is 1.36. The van der Waals surface area contributed by atoms with Crippen molar-refractivity contribution in [3.05, 3.63) is 46.1 Å². The molecule has 0 bridgehead atoms. The average Bonchev–Trinajstić information content (AvgIpc) is 2.29. The number of hydrogen-bond acceptors (Lipinski definition) is 5. The van der Waals surface area contributed by atoms with E-state index in [1.807, 2.05) is 0 Å². The van der Waals surface area contributed by atoms with Gasteiger partial charge in [-0.05, 0) is 6.07 Å². The molecule has 7 heteroatoms. The second-order valence-electron chi connectivity index (χ2n) is 2.89. The number of nitro groups is 1. The van der Waals surface area contributed by atoms with E-state index in [-0.39, 0.29) is 16.5 Å². The smallest absolute Gasteiger partial charge is 0.258 e. The summed E-state index contributed by atoms with van der Waals surface area (Å²) in [6.45, 7) is 0. The van der Waals surface area contributed by atoms with Gasteiger partial charge in [-0.1, -0.05) is 11.6 Å². The van der Waals surface area contributed by atoms with E-state index in [0.29, 0.717) is 5.56 Å². The van der Waals surface area contributed by atoms with Crippen LogP contribution in [0.25, 0.3) is 11.3 Å². The van der Waals surface area contributed by atoms with E-state index in [0.717, 1.165) is 0 Å². The van der Waals surface area contributed by atoms with Crippen molar-refractivity contribution in [1.29, 1.82) is 0 Å². The molecule has 2 rings (SSSR count). The summed E-state index contributed by atoms with van der Waals surface area (Å²) < 4.78 is 0. The molecule has 2 heterocycles. The van der Waals surface area contributed by atoms with E-state index in [1.54, 1.807) is 0 Å².